The maximum absolute atomic E-state index is 5.59. The van der Waals surface area contributed by atoms with Crippen molar-refractivity contribution in [2.45, 2.75) is 34.6 Å². The van der Waals surface area contributed by atoms with E-state index >= 15 is 0 Å². The Morgan fingerprint density at radius 1 is 1.25 bits per heavy atom. The van der Waals surface area contributed by atoms with Gasteiger partial charge in [0.1, 0.15) is 12.1 Å². The summed E-state index contributed by atoms with van der Waals surface area (Å²) in [5.41, 5.74) is 7.11. The molecule has 6 nitrogen and oxygen atoms in total. The molecule has 0 bridgehead atoms. The molecule has 0 aliphatic carbocycles. The second kappa shape index (κ2) is 9.25. The smallest absolute Gasteiger partial charge is 0.186 e. The zero-order valence-corrected chi connectivity index (χ0v) is 13.7. The number of nitrogen functional groups attached to an aromatic ring is 1. The second-order valence-corrected chi connectivity index (χ2v) is 4.96. The van der Waals surface area contributed by atoms with E-state index in [-0.39, 0.29) is 0 Å². The largest absolute Gasteiger partial charge is 0.383 e. The third kappa shape index (κ3) is 5.97. The number of nitrogens with one attached hydrogen (secondary N) is 1. The summed E-state index contributed by atoms with van der Waals surface area (Å²) >= 11 is 0. The number of rotatable bonds is 2. The predicted molar refractivity (Wildman–Crippen MR) is 85.6 cm³/mol. The first kappa shape index (κ1) is 18.3. The Kier molecular flexibility index (Phi) is 8.47. The van der Waals surface area contributed by atoms with Crippen molar-refractivity contribution in [2.24, 2.45) is 5.92 Å². The fourth-order valence-electron chi connectivity index (χ4n) is 1.76. The highest BCUT2D eigenvalue weighted by atomic mass is 15.2. The van der Waals surface area contributed by atoms with Crippen LogP contribution >= 0.6 is 0 Å². The Bertz CT molecular complexity index is 483. The summed E-state index contributed by atoms with van der Waals surface area (Å²) in [6.07, 6.45) is 1.40. The fourth-order valence-corrected chi connectivity index (χ4v) is 1.76. The number of fused-ring (bicyclic) bond motifs is 1. The molecule has 6 heteroatoms. The molecule has 2 aromatic rings. The first-order valence-corrected chi connectivity index (χ1v) is 6.97. The summed E-state index contributed by atoms with van der Waals surface area (Å²) in [5.74, 6) is 1.27. The lowest BCUT2D eigenvalue weighted by atomic mass is 10.2. The first-order chi connectivity index (χ1) is 9.41. The van der Waals surface area contributed by atoms with Gasteiger partial charge in [-0.15, -0.1) is 0 Å². The fraction of sp³-hybridized carbons (Fsp3) is 0.643. The molecule has 0 aromatic carbocycles. The average Bonchev–Trinajstić information content (AvgIpc) is 2.74. The quantitative estimate of drug-likeness (QED) is 0.883. The Morgan fingerprint density at radius 2 is 1.85 bits per heavy atom. The van der Waals surface area contributed by atoms with Gasteiger partial charge in [-0.2, -0.15) is 5.10 Å². The van der Waals surface area contributed by atoms with Gasteiger partial charge >= 0.3 is 0 Å². The van der Waals surface area contributed by atoms with Crippen molar-refractivity contribution in [1.82, 2.24) is 25.1 Å². The van der Waals surface area contributed by atoms with Gasteiger partial charge in [-0.25, -0.2) is 9.97 Å². The highest BCUT2D eigenvalue weighted by Gasteiger charge is 2.05. The summed E-state index contributed by atoms with van der Waals surface area (Å²) in [4.78, 5) is 9.98. The maximum Gasteiger partial charge on any atom is 0.186 e. The van der Waals surface area contributed by atoms with Crippen LogP contribution in [0.1, 0.15) is 33.4 Å². The van der Waals surface area contributed by atoms with Crippen molar-refractivity contribution >= 4 is 16.9 Å². The summed E-state index contributed by atoms with van der Waals surface area (Å²) in [6.45, 7) is 11.5. The standard InChI is InChI=1S/C6H7N5.C6H15N.C2H6/c1-3-4-5(7)8-2-9-6(4)11-10-3;1-6(2)5-7(3)4;1-2/h2H,1H3,(H3,7,8,9,10,11);6H,5H2,1-4H3;1-2H3. The number of aromatic nitrogens is 4. The van der Waals surface area contributed by atoms with Gasteiger partial charge in [-0.3, -0.25) is 5.10 Å². The SMILES string of the molecule is CC.CC(C)CN(C)C.Cc1[nH]nc2ncnc(N)c12. The number of hydrogen-bond acceptors (Lipinski definition) is 5. The van der Waals surface area contributed by atoms with Crippen LogP contribution < -0.4 is 5.73 Å². The minimum absolute atomic E-state index is 0.473. The normalized spacial score (nSPS) is 10.1. The van der Waals surface area contributed by atoms with Crippen molar-refractivity contribution in [1.29, 1.82) is 0 Å². The van der Waals surface area contributed by atoms with Crippen molar-refractivity contribution in [3.63, 3.8) is 0 Å². The summed E-state index contributed by atoms with van der Waals surface area (Å²) in [7, 11) is 4.19. The van der Waals surface area contributed by atoms with E-state index in [2.05, 4.69) is 53.0 Å². The van der Waals surface area contributed by atoms with E-state index in [0.29, 0.717) is 11.5 Å². The third-order valence-electron chi connectivity index (χ3n) is 2.29. The van der Waals surface area contributed by atoms with E-state index in [1.54, 1.807) is 0 Å². The Hall–Kier alpha value is -1.69. The van der Waals surface area contributed by atoms with Gasteiger partial charge in [0.2, 0.25) is 0 Å². The molecule has 2 rings (SSSR count). The zero-order chi connectivity index (χ0) is 15.7. The lowest BCUT2D eigenvalue weighted by Crippen LogP contribution is -2.17. The Labute approximate surface area is 121 Å². The van der Waals surface area contributed by atoms with E-state index in [0.717, 1.165) is 17.0 Å². The number of anilines is 1. The van der Waals surface area contributed by atoms with Crippen LogP contribution in [0.2, 0.25) is 0 Å². The van der Waals surface area contributed by atoms with Crippen molar-refractivity contribution in [3.8, 4) is 0 Å². The van der Waals surface area contributed by atoms with Gasteiger partial charge in [-0.05, 0) is 33.5 Å². The van der Waals surface area contributed by atoms with Crippen LogP contribution in [-0.2, 0) is 0 Å². The van der Waals surface area contributed by atoms with E-state index in [9.17, 15) is 0 Å². The monoisotopic (exact) mass is 280 g/mol. The molecule has 114 valence electrons. The van der Waals surface area contributed by atoms with E-state index < -0.39 is 0 Å². The molecule has 2 heterocycles. The van der Waals surface area contributed by atoms with Crippen LogP contribution in [0.5, 0.6) is 0 Å². The molecule has 0 fully saturated rings. The molecule has 0 aliphatic heterocycles. The van der Waals surface area contributed by atoms with E-state index in [1.807, 2.05) is 20.8 Å². The molecular weight excluding hydrogens is 252 g/mol. The van der Waals surface area contributed by atoms with Crippen LogP contribution in [0.15, 0.2) is 6.33 Å². The summed E-state index contributed by atoms with van der Waals surface area (Å²) in [5, 5.41) is 7.52. The van der Waals surface area contributed by atoms with Gasteiger partial charge in [0.25, 0.3) is 0 Å². The van der Waals surface area contributed by atoms with Crippen molar-refractivity contribution in [2.75, 3.05) is 26.4 Å². The lowest BCUT2D eigenvalue weighted by molar-refractivity contribution is 0.354. The van der Waals surface area contributed by atoms with E-state index in [4.69, 9.17) is 5.73 Å². The first-order valence-electron chi connectivity index (χ1n) is 6.97. The third-order valence-corrected chi connectivity index (χ3v) is 2.29. The van der Waals surface area contributed by atoms with Gasteiger partial charge in [-0.1, -0.05) is 27.7 Å². The molecule has 0 amide bonds. The van der Waals surface area contributed by atoms with Crippen LogP contribution in [0.3, 0.4) is 0 Å². The molecule has 0 unspecified atom stereocenters. The second-order valence-electron chi connectivity index (χ2n) is 4.96. The molecule has 20 heavy (non-hydrogen) atoms. The van der Waals surface area contributed by atoms with Gasteiger partial charge in [0.15, 0.2) is 5.65 Å². The van der Waals surface area contributed by atoms with Gasteiger partial charge in [0.05, 0.1) is 5.39 Å². The number of H-pyrrole nitrogens is 1. The van der Waals surface area contributed by atoms with Gasteiger partial charge < -0.3 is 10.6 Å². The molecule has 0 aliphatic rings. The van der Waals surface area contributed by atoms with Crippen LogP contribution in [0.4, 0.5) is 5.82 Å². The van der Waals surface area contributed by atoms with Crippen LogP contribution in [-0.4, -0.2) is 45.7 Å². The Balaban J connectivity index is 0.000000352. The zero-order valence-electron chi connectivity index (χ0n) is 13.7. The molecule has 0 spiro atoms. The molecule has 0 radical (unpaired) electrons. The predicted octanol–water partition coefficient (Wildman–Crippen LogP) is 2.47. The average molecular weight is 280 g/mol. The summed E-state index contributed by atoms with van der Waals surface area (Å²) < 4.78 is 0. The minimum atomic E-state index is 0.473. The van der Waals surface area contributed by atoms with Crippen LogP contribution in [0, 0.1) is 12.8 Å². The van der Waals surface area contributed by atoms with Crippen LogP contribution in [0.25, 0.3) is 11.0 Å². The molecule has 3 N–H and O–H groups in total. The number of nitrogens with two attached hydrogens (primary N) is 1. The number of nitrogens with zero attached hydrogens (tertiary/aromatic N) is 4. The maximum atomic E-state index is 5.59. The molecule has 0 saturated carbocycles. The number of aryl methyl sites for hydroxylation is 1. The lowest BCUT2D eigenvalue weighted by Gasteiger charge is -2.10. The molecule has 2 aromatic heterocycles. The minimum Gasteiger partial charge on any atom is -0.383 e. The van der Waals surface area contributed by atoms with Crippen molar-refractivity contribution < 1.29 is 0 Å². The van der Waals surface area contributed by atoms with Crippen molar-refractivity contribution in [3.05, 3.63) is 12.0 Å². The summed E-state index contributed by atoms with van der Waals surface area (Å²) in [6, 6.07) is 0. The molecule has 0 saturated heterocycles. The number of aromatic amines is 1. The highest BCUT2D eigenvalue weighted by Crippen LogP contribution is 2.16. The van der Waals surface area contributed by atoms with Gasteiger partial charge in [0, 0.05) is 5.69 Å². The highest BCUT2D eigenvalue weighted by molar-refractivity contribution is 5.87. The Morgan fingerprint density at radius 3 is 2.25 bits per heavy atom. The molecular formula is C14H28N6. The van der Waals surface area contributed by atoms with E-state index in [1.165, 1.54) is 12.9 Å². The topological polar surface area (TPSA) is 83.7 Å². The number of hydrogen-bond donors (Lipinski definition) is 2. The molecule has 0 atom stereocenters.